The van der Waals surface area contributed by atoms with E-state index in [1.54, 1.807) is 6.08 Å². The summed E-state index contributed by atoms with van der Waals surface area (Å²) in [6, 6.07) is 0.415. The molecule has 0 aliphatic rings. The molecular formula is C12H12F2N2O3. The summed E-state index contributed by atoms with van der Waals surface area (Å²) in [6.07, 6.45) is 2.11. The number of amides is 2. The molecule has 5 nitrogen and oxygen atoms in total. The Kier molecular flexibility index (Phi) is 4.99. The van der Waals surface area contributed by atoms with E-state index in [1.807, 2.05) is 0 Å². The van der Waals surface area contributed by atoms with E-state index in [2.05, 4.69) is 17.2 Å². The maximum absolute atomic E-state index is 13.0. The second-order valence-corrected chi connectivity index (χ2v) is 3.58. The molecule has 7 heteroatoms. The Bertz CT molecular complexity index is 518. The highest BCUT2D eigenvalue weighted by Gasteiger charge is 2.16. The lowest BCUT2D eigenvalue weighted by Gasteiger charge is -2.10. The molecule has 0 heterocycles. The number of carboxylic acids is 1. The van der Waals surface area contributed by atoms with Gasteiger partial charge in [0.05, 0.1) is 11.3 Å². The third-order valence-corrected chi connectivity index (χ3v) is 2.17. The average Bonchev–Trinajstić information content (AvgIpc) is 2.33. The number of carbonyl (C=O) groups excluding carboxylic acids is 1. The van der Waals surface area contributed by atoms with Crippen molar-refractivity contribution < 1.29 is 23.5 Å². The summed E-state index contributed by atoms with van der Waals surface area (Å²) in [6.45, 7) is 3.75. The van der Waals surface area contributed by atoms with E-state index in [0.717, 1.165) is 0 Å². The second kappa shape index (κ2) is 6.48. The number of halogens is 2. The zero-order valence-corrected chi connectivity index (χ0v) is 9.87. The lowest BCUT2D eigenvalue weighted by atomic mass is 10.1. The summed E-state index contributed by atoms with van der Waals surface area (Å²) in [4.78, 5) is 22.2. The average molecular weight is 270 g/mol. The van der Waals surface area contributed by atoms with Crippen molar-refractivity contribution in [2.45, 2.75) is 6.42 Å². The normalized spacial score (nSPS) is 9.79. The molecular weight excluding hydrogens is 258 g/mol. The summed E-state index contributed by atoms with van der Waals surface area (Å²) in [5.41, 5.74) is -0.847. The third-order valence-electron chi connectivity index (χ3n) is 2.17. The van der Waals surface area contributed by atoms with Crippen LogP contribution >= 0.6 is 0 Å². The molecule has 0 saturated carbocycles. The van der Waals surface area contributed by atoms with Crippen molar-refractivity contribution in [2.75, 3.05) is 11.9 Å². The van der Waals surface area contributed by atoms with Gasteiger partial charge in [0.25, 0.3) is 0 Å². The maximum atomic E-state index is 13.0. The Morgan fingerprint density at radius 1 is 1.32 bits per heavy atom. The monoisotopic (exact) mass is 270 g/mol. The van der Waals surface area contributed by atoms with Crippen LogP contribution < -0.4 is 10.6 Å². The molecule has 1 aromatic rings. The first-order valence-corrected chi connectivity index (χ1v) is 5.33. The minimum Gasteiger partial charge on any atom is -0.478 e. The van der Waals surface area contributed by atoms with Gasteiger partial charge in [0, 0.05) is 12.6 Å². The first kappa shape index (κ1) is 14.6. The van der Waals surface area contributed by atoms with Crippen LogP contribution in [-0.2, 0) is 0 Å². The van der Waals surface area contributed by atoms with E-state index in [-0.39, 0.29) is 5.69 Å². The fourth-order valence-corrected chi connectivity index (χ4v) is 1.28. The summed E-state index contributed by atoms with van der Waals surface area (Å²) < 4.78 is 26.0. The number of aromatic carboxylic acids is 1. The van der Waals surface area contributed by atoms with Crippen LogP contribution in [0.15, 0.2) is 24.8 Å². The summed E-state index contributed by atoms with van der Waals surface area (Å²) >= 11 is 0. The molecule has 102 valence electrons. The molecule has 0 radical (unpaired) electrons. The van der Waals surface area contributed by atoms with Crippen molar-refractivity contribution in [1.29, 1.82) is 0 Å². The van der Waals surface area contributed by atoms with Crippen molar-refractivity contribution >= 4 is 17.7 Å². The molecule has 0 bridgehead atoms. The Morgan fingerprint density at radius 2 is 1.95 bits per heavy atom. The number of benzene rings is 1. The Balaban J connectivity index is 2.87. The van der Waals surface area contributed by atoms with Gasteiger partial charge in [-0.05, 0) is 12.5 Å². The molecule has 0 aliphatic carbocycles. The van der Waals surface area contributed by atoms with Gasteiger partial charge in [0.1, 0.15) is 0 Å². The van der Waals surface area contributed by atoms with Crippen molar-refractivity contribution in [3.05, 3.63) is 42.0 Å². The van der Waals surface area contributed by atoms with Gasteiger partial charge in [-0.2, -0.15) is 0 Å². The van der Waals surface area contributed by atoms with E-state index >= 15 is 0 Å². The summed E-state index contributed by atoms with van der Waals surface area (Å²) in [7, 11) is 0. The topological polar surface area (TPSA) is 78.4 Å². The van der Waals surface area contributed by atoms with E-state index in [9.17, 15) is 18.4 Å². The molecule has 19 heavy (non-hydrogen) atoms. The Hall–Kier alpha value is -2.44. The number of rotatable bonds is 5. The molecule has 0 spiro atoms. The van der Waals surface area contributed by atoms with Crippen LogP contribution in [0.1, 0.15) is 16.8 Å². The summed E-state index contributed by atoms with van der Waals surface area (Å²) in [5, 5.41) is 13.4. The molecule has 1 aromatic carbocycles. The zero-order chi connectivity index (χ0) is 14.4. The number of carboxylic acid groups (broad SMARTS) is 1. The third kappa shape index (κ3) is 4.06. The van der Waals surface area contributed by atoms with Crippen LogP contribution in [0.5, 0.6) is 0 Å². The molecule has 0 saturated heterocycles. The van der Waals surface area contributed by atoms with Gasteiger partial charge in [-0.25, -0.2) is 18.4 Å². The number of urea groups is 1. The lowest BCUT2D eigenvalue weighted by molar-refractivity contribution is 0.0697. The predicted molar refractivity (Wildman–Crippen MR) is 65.2 cm³/mol. The van der Waals surface area contributed by atoms with Gasteiger partial charge < -0.3 is 15.7 Å². The van der Waals surface area contributed by atoms with Crippen molar-refractivity contribution in [3.63, 3.8) is 0 Å². The molecule has 3 N–H and O–H groups in total. The van der Waals surface area contributed by atoms with E-state index < -0.39 is 29.2 Å². The molecule has 0 atom stereocenters. The number of carbonyl (C=O) groups is 2. The van der Waals surface area contributed by atoms with Crippen molar-refractivity contribution in [3.8, 4) is 0 Å². The molecule has 0 aromatic heterocycles. The van der Waals surface area contributed by atoms with Crippen LogP contribution in [0.2, 0.25) is 0 Å². The molecule has 0 unspecified atom stereocenters. The number of nitrogens with one attached hydrogen (secondary N) is 2. The maximum Gasteiger partial charge on any atom is 0.337 e. The summed E-state index contributed by atoms with van der Waals surface area (Å²) in [5.74, 6) is -4.01. The number of hydrogen-bond donors (Lipinski definition) is 3. The first-order valence-electron chi connectivity index (χ1n) is 5.33. The largest absolute Gasteiger partial charge is 0.478 e. The lowest BCUT2D eigenvalue weighted by Crippen LogP contribution is -2.30. The second-order valence-electron chi connectivity index (χ2n) is 3.58. The van der Waals surface area contributed by atoms with E-state index in [4.69, 9.17) is 5.11 Å². The minimum absolute atomic E-state index is 0.293. The van der Waals surface area contributed by atoms with Gasteiger partial charge in [0.2, 0.25) is 0 Å². The van der Waals surface area contributed by atoms with Crippen LogP contribution in [0.4, 0.5) is 19.3 Å². The number of anilines is 1. The highest BCUT2D eigenvalue weighted by molar-refractivity contribution is 6.00. The molecule has 2 amide bonds. The van der Waals surface area contributed by atoms with Gasteiger partial charge in [-0.15, -0.1) is 6.58 Å². The van der Waals surface area contributed by atoms with Crippen LogP contribution in [0.25, 0.3) is 0 Å². The molecule has 1 rings (SSSR count). The zero-order valence-electron chi connectivity index (χ0n) is 9.87. The standard InChI is InChI=1S/C12H12F2N2O3/c1-2-3-4-15-12(19)16-10-6-9(14)8(13)5-7(10)11(17)18/h2,5-6H,1,3-4H2,(H,17,18)(H2,15,16,19). The Morgan fingerprint density at radius 3 is 2.53 bits per heavy atom. The Labute approximate surface area is 107 Å². The predicted octanol–water partition coefficient (Wildman–Crippen LogP) is 2.36. The van der Waals surface area contributed by atoms with E-state index in [1.165, 1.54) is 0 Å². The fourth-order valence-electron chi connectivity index (χ4n) is 1.28. The van der Waals surface area contributed by atoms with E-state index in [0.29, 0.717) is 25.1 Å². The molecule has 0 fully saturated rings. The van der Waals surface area contributed by atoms with Gasteiger partial charge in [-0.1, -0.05) is 6.08 Å². The minimum atomic E-state index is -1.47. The van der Waals surface area contributed by atoms with Gasteiger partial charge in [0.15, 0.2) is 11.6 Å². The number of hydrogen-bond acceptors (Lipinski definition) is 2. The van der Waals surface area contributed by atoms with Crippen molar-refractivity contribution in [2.24, 2.45) is 0 Å². The van der Waals surface area contributed by atoms with Crippen LogP contribution in [-0.4, -0.2) is 23.7 Å². The van der Waals surface area contributed by atoms with Gasteiger partial charge >= 0.3 is 12.0 Å². The quantitative estimate of drug-likeness (QED) is 0.567. The molecule has 0 aliphatic heterocycles. The fraction of sp³-hybridized carbons (Fsp3) is 0.167. The van der Waals surface area contributed by atoms with Gasteiger partial charge in [-0.3, -0.25) is 0 Å². The highest BCUT2D eigenvalue weighted by Crippen LogP contribution is 2.20. The SMILES string of the molecule is C=CCCNC(=O)Nc1cc(F)c(F)cc1C(=O)O. The first-order chi connectivity index (χ1) is 8.95. The smallest absolute Gasteiger partial charge is 0.337 e. The van der Waals surface area contributed by atoms with Crippen molar-refractivity contribution in [1.82, 2.24) is 5.32 Å². The highest BCUT2D eigenvalue weighted by atomic mass is 19.2. The van der Waals surface area contributed by atoms with Crippen LogP contribution in [0, 0.1) is 11.6 Å². The van der Waals surface area contributed by atoms with Crippen LogP contribution in [0.3, 0.4) is 0 Å².